The van der Waals surface area contributed by atoms with Crippen molar-refractivity contribution in [3.63, 3.8) is 0 Å². The van der Waals surface area contributed by atoms with E-state index in [2.05, 4.69) is 22.8 Å². The van der Waals surface area contributed by atoms with Gasteiger partial charge in [0, 0.05) is 6.54 Å². The van der Waals surface area contributed by atoms with E-state index < -0.39 is 0 Å². The third-order valence-corrected chi connectivity index (χ3v) is 3.22. The molecule has 0 saturated carbocycles. The molecule has 3 nitrogen and oxygen atoms in total. The predicted octanol–water partition coefficient (Wildman–Crippen LogP) is 4.09. The topological polar surface area (TPSA) is 41.1 Å². The number of rotatable bonds is 5. The molecule has 2 amide bonds. The number of carbonyl (C=O) groups excluding carboxylic acids is 1. The van der Waals surface area contributed by atoms with E-state index in [1.807, 2.05) is 30.3 Å². The standard InChI is InChI=1S/C16H17ClN2O/c17-14-10-4-5-11-15(14)19-16(20)18-12-6-9-13-7-2-1-3-8-13/h1-5,7-8,10-11H,6,9,12H2,(H2,18,19,20). The SMILES string of the molecule is O=C(NCCCc1ccccc1)Nc1ccccc1Cl. The van der Waals surface area contributed by atoms with E-state index >= 15 is 0 Å². The van der Waals surface area contributed by atoms with Gasteiger partial charge in [0.15, 0.2) is 0 Å². The molecule has 0 aliphatic rings. The van der Waals surface area contributed by atoms with Gasteiger partial charge in [-0.3, -0.25) is 0 Å². The van der Waals surface area contributed by atoms with Gasteiger partial charge >= 0.3 is 6.03 Å². The van der Waals surface area contributed by atoms with Gasteiger partial charge in [0.05, 0.1) is 10.7 Å². The summed E-state index contributed by atoms with van der Waals surface area (Å²) in [6, 6.07) is 17.2. The number of benzene rings is 2. The monoisotopic (exact) mass is 288 g/mol. The van der Waals surface area contributed by atoms with E-state index in [1.54, 1.807) is 12.1 Å². The number of urea groups is 1. The molecule has 0 spiro atoms. The van der Waals surface area contributed by atoms with E-state index in [9.17, 15) is 4.79 Å². The smallest absolute Gasteiger partial charge is 0.319 e. The van der Waals surface area contributed by atoms with Crippen LogP contribution >= 0.6 is 11.6 Å². The molecule has 0 aliphatic carbocycles. The summed E-state index contributed by atoms with van der Waals surface area (Å²) in [4.78, 5) is 11.7. The molecule has 0 heterocycles. The Kier molecular flexibility index (Phi) is 5.44. The highest BCUT2D eigenvalue weighted by molar-refractivity contribution is 6.33. The lowest BCUT2D eigenvalue weighted by atomic mass is 10.1. The van der Waals surface area contributed by atoms with E-state index in [0.29, 0.717) is 17.3 Å². The number of halogens is 1. The quantitative estimate of drug-likeness (QED) is 0.799. The van der Waals surface area contributed by atoms with Gasteiger partial charge in [-0.1, -0.05) is 54.1 Å². The zero-order valence-corrected chi connectivity index (χ0v) is 11.9. The van der Waals surface area contributed by atoms with Gasteiger partial charge in [-0.2, -0.15) is 0 Å². The van der Waals surface area contributed by atoms with Gasteiger partial charge in [0.2, 0.25) is 0 Å². The average Bonchev–Trinajstić information content (AvgIpc) is 2.47. The summed E-state index contributed by atoms with van der Waals surface area (Å²) >= 11 is 5.97. The molecule has 2 N–H and O–H groups in total. The van der Waals surface area contributed by atoms with Crippen molar-refractivity contribution in [3.8, 4) is 0 Å². The Bertz CT molecular complexity index is 557. The van der Waals surface area contributed by atoms with Crippen LogP contribution in [0, 0.1) is 0 Å². The molecule has 2 aromatic carbocycles. The molecule has 0 unspecified atom stereocenters. The first-order valence-corrected chi connectivity index (χ1v) is 6.97. The normalized spacial score (nSPS) is 10.1. The van der Waals surface area contributed by atoms with E-state index in [4.69, 9.17) is 11.6 Å². The Hall–Kier alpha value is -2.00. The van der Waals surface area contributed by atoms with Gasteiger partial charge in [-0.05, 0) is 30.5 Å². The minimum Gasteiger partial charge on any atom is -0.338 e. The van der Waals surface area contributed by atoms with Crippen molar-refractivity contribution >= 4 is 23.3 Å². The highest BCUT2D eigenvalue weighted by atomic mass is 35.5. The van der Waals surface area contributed by atoms with Crippen LogP contribution in [-0.4, -0.2) is 12.6 Å². The Morgan fingerprint density at radius 1 is 1.00 bits per heavy atom. The van der Waals surface area contributed by atoms with Crippen molar-refractivity contribution in [2.24, 2.45) is 0 Å². The van der Waals surface area contributed by atoms with Crippen LogP contribution < -0.4 is 10.6 Å². The number of carbonyl (C=O) groups is 1. The molecule has 0 atom stereocenters. The second-order valence-electron chi connectivity index (χ2n) is 4.45. The molecule has 4 heteroatoms. The van der Waals surface area contributed by atoms with Crippen molar-refractivity contribution in [3.05, 3.63) is 65.2 Å². The van der Waals surface area contributed by atoms with Crippen molar-refractivity contribution in [1.82, 2.24) is 5.32 Å². The van der Waals surface area contributed by atoms with Crippen molar-refractivity contribution < 1.29 is 4.79 Å². The predicted molar refractivity (Wildman–Crippen MR) is 83.2 cm³/mol. The Labute approximate surface area is 124 Å². The Morgan fingerprint density at radius 2 is 1.70 bits per heavy atom. The highest BCUT2D eigenvalue weighted by Gasteiger charge is 2.03. The number of nitrogens with one attached hydrogen (secondary N) is 2. The zero-order chi connectivity index (χ0) is 14.2. The minimum absolute atomic E-state index is 0.230. The van der Waals surface area contributed by atoms with Crippen molar-refractivity contribution in [2.75, 3.05) is 11.9 Å². The maximum Gasteiger partial charge on any atom is 0.319 e. The summed E-state index contributed by atoms with van der Waals surface area (Å²) < 4.78 is 0. The third kappa shape index (κ3) is 4.59. The molecule has 0 fully saturated rings. The summed E-state index contributed by atoms with van der Waals surface area (Å²) in [5.74, 6) is 0. The number of hydrogen-bond acceptors (Lipinski definition) is 1. The van der Waals surface area contributed by atoms with E-state index in [1.165, 1.54) is 5.56 Å². The fraction of sp³-hybridized carbons (Fsp3) is 0.188. The molecular weight excluding hydrogens is 272 g/mol. The van der Waals surface area contributed by atoms with Crippen LogP contribution in [0.15, 0.2) is 54.6 Å². The van der Waals surface area contributed by atoms with Crippen molar-refractivity contribution in [2.45, 2.75) is 12.8 Å². The van der Waals surface area contributed by atoms with Crippen LogP contribution in [0.3, 0.4) is 0 Å². The van der Waals surface area contributed by atoms with E-state index in [0.717, 1.165) is 12.8 Å². The van der Waals surface area contributed by atoms with Gasteiger partial charge in [0.25, 0.3) is 0 Å². The van der Waals surface area contributed by atoms with Crippen LogP contribution in [0.2, 0.25) is 5.02 Å². The average molecular weight is 289 g/mol. The third-order valence-electron chi connectivity index (χ3n) is 2.89. The molecule has 104 valence electrons. The van der Waals surface area contributed by atoms with Crippen LogP contribution in [0.1, 0.15) is 12.0 Å². The first kappa shape index (κ1) is 14.4. The molecule has 0 radical (unpaired) electrons. The number of amides is 2. The van der Waals surface area contributed by atoms with Crippen LogP contribution in [0.25, 0.3) is 0 Å². The Balaban J connectivity index is 1.69. The lowest BCUT2D eigenvalue weighted by Crippen LogP contribution is -2.29. The van der Waals surface area contributed by atoms with Gasteiger partial charge < -0.3 is 10.6 Å². The first-order chi connectivity index (χ1) is 9.75. The second kappa shape index (κ2) is 7.56. The molecule has 0 aliphatic heterocycles. The maximum atomic E-state index is 11.7. The lowest BCUT2D eigenvalue weighted by Gasteiger charge is -2.08. The molecule has 20 heavy (non-hydrogen) atoms. The molecule has 0 saturated heterocycles. The number of hydrogen-bond donors (Lipinski definition) is 2. The second-order valence-corrected chi connectivity index (χ2v) is 4.86. The Morgan fingerprint density at radius 3 is 2.45 bits per heavy atom. The van der Waals surface area contributed by atoms with E-state index in [-0.39, 0.29) is 6.03 Å². The maximum absolute atomic E-state index is 11.7. The van der Waals surface area contributed by atoms with Crippen molar-refractivity contribution in [1.29, 1.82) is 0 Å². The van der Waals surface area contributed by atoms with Gasteiger partial charge in [-0.15, -0.1) is 0 Å². The van der Waals surface area contributed by atoms with Crippen LogP contribution in [-0.2, 0) is 6.42 Å². The lowest BCUT2D eigenvalue weighted by molar-refractivity contribution is 0.252. The molecule has 2 rings (SSSR count). The summed E-state index contributed by atoms with van der Waals surface area (Å²) in [5, 5.41) is 6.08. The number of anilines is 1. The minimum atomic E-state index is -0.230. The fourth-order valence-electron chi connectivity index (χ4n) is 1.87. The summed E-state index contributed by atoms with van der Waals surface area (Å²) in [7, 11) is 0. The summed E-state index contributed by atoms with van der Waals surface area (Å²) in [5.41, 5.74) is 1.90. The first-order valence-electron chi connectivity index (χ1n) is 6.59. The van der Waals surface area contributed by atoms with Crippen LogP contribution in [0.5, 0.6) is 0 Å². The zero-order valence-electron chi connectivity index (χ0n) is 11.1. The number of para-hydroxylation sites is 1. The van der Waals surface area contributed by atoms with Gasteiger partial charge in [-0.25, -0.2) is 4.79 Å². The fourth-order valence-corrected chi connectivity index (χ4v) is 2.05. The van der Waals surface area contributed by atoms with Crippen LogP contribution in [0.4, 0.5) is 10.5 Å². The molecule has 2 aromatic rings. The highest BCUT2D eigenvalue weighted by Crippen LogP contribution is 2.19. The summed E-state index contributed by atoms with van der Waals surface area (Å²) in [6.07, 6.45) is 1.85. The summed E-state index contributed by atoms with van der Waals surface area (Å²) in [6.45, 7) is 0.630. The number of aryl methyl sites for hydroxylation is 1. The largest absolute Gasteiger partial charge is 0.338 e. The molecule has 0 bridgehead atoms. The molecule has 0 aromatic heterocycles. The van der Waals surface area contributed by atoms with Gasteiger partial charge in [0.1, 0.15) is 0 Å². The molecular formula is C16H17ClN2O.